The summed E-state index contributed by atoms with van der Waals surface area (Å²) >= 11 is 0. The predicted octanol–water partition coefficient (Wildman–Crippen LogP) is 5.18. The Labute approximate surface area is 263 Å². The third kappa shape index (κ3) is 8.71. The molecule has 45 heavy (non-hydrogen) atoms. The zero-order valence-electron chi connectivity index (χ0n) is 26.7. The van der Waals surface area contributed by atoms with Gasteiger partial charge in [0.15, 0.2) is 12.6 Å². The maximum Gasteiger partial charge on any atom is 0.342 e. The van der Waals surface area contributed by atoms with Gasteiger partial charge in [0, 0.05) is 26.2 Å². The van der Waals surface area contributed by atoms with Gasteiger partial charge in [0.2, 0.25) is 0 Å². The zero-order chi connectivity index (χ0) is 32.6. The van der Waals surface area contributed by atoms with Crippen LogP contribution < -0.4 is 9.47 Å². The molecule has 2 aromatic rings. The van der Waals surface area contributed by atoms with Crippen LogP contribution in [0, 0.1) is 5.92 Å². The number of benzene rings is 2. The summed E-state index contributed by atoms with van der Waals surface area (Å²) in [5, 5.41) is 0. The number of fused-ring (bicyclic) bond motifs is 2. The number of cyclic esters (lactones) is 1. The Morgan fingerprint density at radius 1 is 0.889 bits per heavy atom. The summed E-state index contributed by atoms with van der Waals surface area (Å²) in [5.74, 6) is -1.79. The number of methoxy groups -OCH3 is 3. The van der Waals surface area contributed by atoms with E-state index in [4.69, 9.17) is 42.6 Å². The van der Waals surface area contributed by atoms with E-state index in [0.717, 1.165) is 0 Å². The molecule has 0 spiro atoms. The van der Waals surface area contributed by atoms with Crippen LogP contribution in [0.2, 0.25) is 0 Å². The molecule has 0 aliphatic carbocycles. The molecule has 0 bridgehead atoms. The standard InChI is InChI=1S/C34H42O11/c1-21-13-15-27(43-32(35)23-11-9-8-10-12-23)31-30(44-34(3,4)45-31)26(40-19-37-5)16-14-24-17-25(39-7)18-28(41-20-38-6)29(24)33(36)42-22(21)2/h8-18,21-22,26-27,30-31H,19-20H2,1-7H3/b15-13-,16-14?/t21-,22+,26?,27?,30+,31-/m1/s1. The molecular weight excluding hydrogens is 584 g/mol. The molecule has 4 rings (SSSR count). The molecule has 0 radical (unpaired) electrons. The first kappa shape index (κ1) is 34.1. The highest BCUT2D eigenvalue weighted by Crippen LogP contribution is 2.37. The van der Waals surface area contributed by atoms with E-state index in [1.165, 1.54) is 21.3 Å². The molecule has 0 N–H and O–H groups in total. The number of hydrogen-bond acceptors (Lipinski definition) is 11. The molecule has 1 saturated heterocycles. The molecule has 6 atom stereocenters. The van der Waals surface area contributed by atoms with E-state index in [2.05, 4.69) is 0 Å². The van der Waals surface area contributed by atoms with Crippen molar-refractivity contribution in [2.75, 3.05) is 34.9 Å². The normalized spacial score (nSPS) is 27.0. The van der Waals surface area contributed by atoms with Crippen LogP contribution in [0.5, 0.6) is 11.5 Å². The highest BCUT2D eigenvalue weighted by atomic mass is 16.8. The van der Waals surface area contributed by atoms with Crippen LogP contribution in [0.4, 0.5) is 0 Å². The van der Waals surface area contributed by atoms with Gasteiger partial charge in [0.1, 0.15) is 54.4 Å². The lowest BCUT2D eigenvalue weighted by atomic mass is 9.97. The number of carbonyl (C=O) groups is 2. The molecule has 2 aromatic carbocycles. The minimum Gasteiger partial charge on any atom is -0.497 e. The van der Waals surface area contributed by atoms with Gasteiger partial charge >= 0.3 is 11.9 Å². The zero-order valence-corrected chi connectivity index (χ0v) is 26.7. The molecule has 2 aliphatic rings. The molecule has 0 saturated carbocycles. The maximum absolute atomic E-state index is 13.7. The summed E-state index contributed by atoms with van der Waals surface area (Å²) in [7, 11) is 4.50. The van der Waals surface area contributed by atoms with Crippen molar-refractivity contribution in [1.29, 1.82) is 0 Å². The van der Waals surface area contributed by atoms with Crippen LogP contribution >= 0.6 is 0 Å². The smallest absolute Gasteiger partial charge is 0.342 e. The van der Waals surface area contributed by atoms with Crippen molar-refractivity contribution in [2.24, 2.45) is 5.92 Å². The van der Waals surface area contributed by atoms with Crippen LogP contribution in [-0.2, 0) is 33.2 Å². The topological polar surface area (TPSA) is 117 Å². The van der Waals surface area contributed by atoms with Gasteiger partial charge in [-0.2, -0.15) is 0 Å². The fraction of sp³-hybridized carbons (Fsp3) is 0.471. The van der Waals surface area contributed by atoms with Gasteiger partial charge in [0.05, 0.1) is 12.7 Å². The second-order valence-corrected chi connectivity index (χ2v) is 11.2. The van der Waals surface area contributed by atoms with E-state index in [1.807, 2.05) is 19.1 Å². The number of rotatable bonds is 9. The second-order valence-electron chi connectivity index (χ2n) is 11.2. The van der Waals surface area contributed by atoms with Crippen molar-refractivity contribution >= 4 is 18.0 Å². The molecule has 11 nitrogen and oxygen atoms in total. The fourth-order valence-corrected chi connectivity index (χ4v) is 5.00. The van der Waals surface area contributed by atoms with Crippen LogP contribution in [0.25, 0.3) is 6.08 Å². The van der Waals surface area contributed by atoms with Gasteiger partial charge in [-0.3, -0.25) is 0 Å². The maximum atomic E-state index is 13.7. The monoisotopic (exact) mass is 626 g/mol. The lowest BCUT2D eigenvalue weighted by Gasteiger charge is -2.29. The first-order chi connectivity index (χ1) is 21.6. The van der Waals surface area contributed by atoms with Crippen molar-refractivity contribution < 1.29 is 52.2 Å². The Hall–Kier alpha value is -3.74. The van der Waals surface area contributed by atoms with Crippen molar-refractivity contribution in [1.82, 2.24) is 0 Å². The highest BCUT2D eigenvalue weighted by Gasteiger charge is 2.49. The number of ether oxygens (including phenoxy) is 9. The molecule has 0 amide bonds. The SMILES string of the molecule is COCOc1cc(OC)cc2c1C(=O)O[C@@H](C)[C@H](C)/C=C\C(OC(=O)c1ccccc1)[C@H]1OC(C)(C)O[C@H]1C(OCOC)C=C2. The Kier molecular flexibility index (Phi) is 11.8. The second kappa shape index (κ2) is 15.5. The molecule has 11 heteroatoms. The first-order valence-corrected chi connectivity index (χ1v) is 14.7. The van der Waals surface area contributed by atoms with Gasteiger partial charge in [-0.1, -0.05) is 43.4 Å². The van der Waals surface area contributed by atoms with E-state index in [1.54, 1.807) is 75.4 Å². The molecule has 2 aliphatic heterocycles. The summed E-state index contributed by atoms with van der Waals surface area (Å²) < 4.78 is 52.4. The minimum atomic E-state index is -1.04. The molecular formula is C34H42O11. The summed E-state index contributed by atoms with van der Waals surface area (Å²) in [5.41, 5.74) is 1.02. The van der Waals surface area contributed by atoms with Gasteiger partial charge in [-0.15, -0.1) is 0 Å². The number of hydrogen-bond donors (Lipinski definition) is 0. The Morgan fingerprint density at radius 2 is 1.58 bits per heavy atom. The lowest BCUT2D eigenvalue weighted by molar-refractivity contribution is -0.165. The summed E-state index contributed by atoms with van der Waals surface area (Å²) in [6, 6.07) is 12.0. The molecule has 2 heterocycles. The van der Waals surface area contributed by atoms with Crippen LogP contribution in [0.1, 0.15) is 54.0 Å². The van der Waals surface area contributed by atoms with Gasteiger partial charge in [-0.05, 0) is 50.6 Å². The summed E-state index contributed by atoms with van der Waals surface area (Å²) in [6.07, 6.45) is 3.23. The largest absolute Gasteiger partial charge is 0.497 e. The van der Waals surface area contributed by atoms with Crippen LogP contribution in [-0.4, -0.2) is 83.2 Å². The highest BCUT2D eigenvalue weighted by molar-refractivity contribution is 5.97. The first-order valence-electron chi connectivity index (χ1n) is 14.7. The quantitative estimate of drug-likeness (QED) is 0.208. The third-order valence-electron chi connectivity index (χ3n) is 7.42. The molecule has 2 unspecified atom stereocenters. The third-order valence-corrected chi connectivity index (χ3v) is 7.42. The summed E-state index contributed by atoms with van der Waals surface area (Å²) in [6.45, 7) is 7.07. The average molecular weight is 627 g/mol. The Bertz CT molecular complexity index is 1350. The predicted molar refractivity (Wildman–Crippen MR) is 164 cm³/mol. The number of esters is 2. The van der Waals surface area contributed by atoms with E-state index >= 15 is 0 Å². The van der Waals surface area contributed by atoms with Crippen molar-refractivity contribution in [3.63, 3.8) is 0 Å². The van der Waals surface area contributed by atoms with Crippen molar-refractivity contribution in [2.45, 2.75) is 64.0 Å². The van der Waals surface area contributed by atoms with Crippen LogP contribution in [0.3, 0.4) is 0 Å². The Balaban J connectivity index is 1.85. The average Bonchev–Trinajstić information content (AvgIpc) is 3.35. The van der Waals surface area contributed by atoms with Crippen molar-refractivity contribution in [3.8, 4) is 11.5 Å². The molecule has 0 aromatic heterocycles. The van der Waals surface area contributed by atoms with E-state index in [-0.39, 0.29) is 30.8 Å². The van der Waals surface area contributed by atoms with E-state index < -0.39 is 48.2 Å². The molecule has 244 valence electrons. The van der Waals surface area contributed by atoms with Crippen LogP contribution in [0.15, 0.2) is 60.7 Å². The summed E-state index contributed by atoms with van der Waals surface area (Å²) in [4.78, 5) is 27.0. The molecule has 1 fully saturated rings. The van der Waals surface area contributed by atoms with Gasteiger partial charge < -0.3 is 42.6 Å². The lowest BCUT2D eigenvalue weighted by Crippen LogP contribution is -2.44. The number of carbonyl (C=O) groups excluding carboxylic acids is 2. The van der Waals surface area contributed by atoms with E-state index in [9.17, 15) is 9.59 Å². The Morgan fingerprint density at radius 3 is 2.24 bits per heavy atom. The van der Waals surface area contributed by atoms with Gasteiger partial charge in [-0.25, -0.2) is 9.59 Å². The minimum absolute atomic E-state index is 0.0733. The van der Waals surface area contributed by atoms with Gasteiger partial charge in [0.25, 0.3) is 0 Å². The fourth-order valence-electron chi connectivity index (χ4n) is 5.00. The van der Waals surface area contributed by atoms with Crippen molar-refractivity contribution in [3.05, 3.63) is 77.4 Å². The van der Waals surface area contributed by atoms with E-state index in [0.29, 0.717) is 16.9 Å².